The Balaban J connectivity index is 0. The Morgan fingerprint density at radius 1 is 1.20 bits per heavy atom. The smallest absolute Gasteiger partial charge is 0.224 e. The molecule has 0 heterocycles. The first-order valence-electron chi connectivity index (χ1n) is 2.73. The van der Waals surface area contributed by atoms with E-state index in [0.717, 1.165) is 0 Å². The molecule has 0 atom stereocenters. The van der Waals surface area contributed by atoms with Crippen LogP contribution in [-0.4, -0.2) is 10.5 Å². The Kier molecular flexibility index (Phi) is 8.85. The highest BCUT2D eigenvalue weighted by molar-refractivity contribution is 6.63. The lowest BCUT2D eigenvalue weighted by Crippen LogP contribution is -1.95. The van der Waals surface area contributed by atoms with Crippen molar-refractivity contribution in [1.82, 2.24) is 0 Å². The minimum Gasteiger partial charge on any atom is -0.282 e. The lowest BCUT2D eigenvalue weighted by molar-refractivity contribution is -0.114. The van der Waals surface area contributed by atoms with Gasteiger partial charge in [0, 0.05) is 12.8 Å². The Hall–Kier alpha value is -0.0800. The molecular formula is C6H10Cl2O2. The highest BCUT2D eigenvalue weighted by Gasteiger charge is 1.98. The number of hydrogen-bond acceptors (Lipinski definition) is 2. The van der Waals surface area contributed by atoms with E-state index in [9.17, 15) is 9.59 Å². The van der Waals surface area contributed by atoms with Gasteiger partial charge >= 0.3 is 0 Å². The Morgan fingerprint density at radius 2 is 1.30 bits per heavy atom. The van der Waals surface area contributed by atoms with E-state index in [1.54, 1.807) is 13.8 Å². The highest BCUT2D eigenvalue weighted by atomic mass is 35.5. The van der Waals surface area contributed by atoms with Gasteiger partial charge in [0.25, 0.3) is 0 Å². The first-order chi connectivity index (χ1) is 4.37. The third-order valence-electron chi connectivity index (χ3n) is 0.454. The largest absolute Gasteiger partial charge is 0.282 e. The molecule has 0 aliphatic carbocycles. The fourth-order valence-electron chi connectivity index (χ4n) is 0. The zero-order valence-corrected chi connectivity index (χ0v) is 7.66. The molecular weight excluding hydrogens is 175 g/mol. The van der Waals surface area contributed by atoms with Crippen LogP contribution in [0.5, 0.6) is 0 Å². The molecule has 0 radical (unpaired) electrons. The highest BCUT2D eigenvalue weighted by Crippen LogP contribution is 1.95. The fourth-order valence-corrected chi connectivity index (χ4v) is 0. The summed E-state index contributed by atoms with van der Waals surface area (Å²) in [6.07, 6.45) is 0. The SMILES string of the molecule is CC(=O)Cl.CC(C)C(=O)Cl. The lowest BCUT2D eigenvalue weighted by atomic mass is 10.3. The Labute approximate surface area is 70.5 Å². The molecule has 0 bridgehead atoms. The number of halogens is 2. The maximum absolute atomic E-state index is 9.91. The molecule has 4 heteroatoms. The summed E-state index contributed by atoms with van der Waals surface area (Å²) >= 11 is 9.61. The first kappa shape index (κ1) is 12.6. The second-order valence-corrected chi connectivity index (χ2v) is 2.83. The van der Waals surface area contributed by atoms with Gasteiger partial charge in [0.1, 0.15) is 0 Å². The van der Waals surface area contributed by atoms with Gasteiger partial charge in [-0.05, 0) is 23.2 Å². The van der Waals surface area contributed by atoms with Crippen molar-refractivity contribution in [2.45, 2.75) is 20.8 Å². The minimum atomic E-state index is -0.361. The van der Waals surface area contributed by atoms with Crippen molar-refractivity contribution in [3.8, 4) is 0 Å². The van der Waals surface area contributed by atoms with E-state index in [4.69, 9.17) is 11.6 Å². The molecule has 0 saturated heterocycles. The third-order valence-corrected chi connectivity index (χ3v) is 0.890. The minimum absolute atomic E-state index is 0.0216. The van der Waals surface area contributed by atoms with Crippen LogP contribution in [0.15, 0.2) is 0 Å². The zero-order valence-electron chi connectivity index (χ0n) is 6.15. The molecule has 0 spiro atoms. The van der Waals surface area contributed by atoms with Crippen LogP contribution >= 0.6 is 23.2 Å². The molecule has 0 fully saturated rings. The van der Waals surface area contributed by atoms with Crippen molar-refractivity contribution in [3.05, 3.63) is 0 Å². The maximum atomic E-state index is 9.91. The molecule has 2 nitrogen and oxygen atoms in total. The molecule has 0 aromatic carbocycles. The number of hydrogen-bond donors (Lipinski definition) is 0. The number of carbonyl (C=O) groups excluding carboxylic acids is 2. The summed E-state index contributed by atoms with van der Waals surface area (Å²) in [6, 6.07) is 0. The average Bonchev–Trinajstić information content (AvgIpc) is 1.63. The van der Waals surface area contributed by atoms with E-state index >= 15 is 0 Å². The third kappa shape index (κ3) is 24.7. The topological polar surface area (TPSA) is 34.1 Å². The van der Waals surface area contributed by atoms with Crippen LogP contribution < -0.4 is 0 Å². The summed E-state index contributed by atoms with van der Waals surface area (Å²) in [5, 5.41) is -0.630. The van der Waals surface area contributed by atoms with Gasteiger partial charge < -0.3 is 0 Å². The van der Waals surface area contributed by atoms with Crippen molar-refractivity contribution in [3.63, 3.8) is 0 Å². The van der Waals surface area contributed by atoms with Gasteiger partial charge in [0.2, 0.25) is 10.5 Å². The zero-order chi connectivity index (χ0) is 8.73. The predicted octanol–water partition coefficient (Wildman–Crippen LogP) is 2.18. The molecule has 0 saturated carbocycles. The van der Waals surface area contributed by atoms with Crippen LogP contribution in [0.4, 0.5) is 0 Å². The van der Waals surface area contributed by atoms with E-state index in [1.165, 1.54) is 6.92 Å². The summed E-state index contributed by atoms with van der Waals surface area (Å²) in [5.74, 6) is -0.0216. The van der Waals surface area contributed by atoms with Crippen LogP contribution in [0, 0.1) is 5.92 Å². The van der Waals surface area contributed by atoms with Crippen LogP contribution in [0.25, 0.3) is 0 Å². The van der Waals surface area contributed by atoms with Crippen LogP contribution in [-0.2, 0) is 9.59 Å². The summed E-state index contributed by atoms with van der Waals surface area (Å²) in [6.45, 7) is 4.81. The van der Waals surface area contributed by atoms with Gasteiger partial charge in [0.05, 0.1) is 0 Å². The number of carbonyl (C=O) groups is 2. The predicted molar refractivity (Wildman–Crippen MR) is 42.2 cm³/mol. The molecule has 60 valence electrons. The summed E-state index contributed by atoms with van der Waals surface area (Å²) < 4.78 is 0. The van der Waals surface area contributed by atoms with Crippen LogP contribution in [0.1, 0.15) is 20.8 Å². The molecule has 0 aliphatic rings. The van der Waals surface area contributed by atoms with Crippen molar-refractivity contribution in [2.24, 2.45) is 5.92 Å². The Bertz CT molecular complexity index is 117. The summed E-state index contributed by atoms with van der Waals surface area (Å²) in [4.78, 5) is 19.1. The molecule has 0 aliphatic heterocycles. The van der Waals surface area contributed by atoms with Gasteiger partial charge in [-0.3, -0.25) is 9.59 Å². The van der Waals surface area contributed by atoms with E-state index in [-0.39, 0.29) is 16.4 Å². The summed E-state index contributed by atoms with van der Waals surface area (Å²) in [7, 11) is 0. The van der Waals surface area contributed by atoms with E-state index in [2.05, 4.69) is 11.6 Å². The molecule has 0 aromatic rings. The quantitative estimate of drug-likeness (QED) is 0.586. The molecule has 0 N–H and O–H groups in total. The van der Waals surface area contributed by atoms with E-state index < -0.39 is 0 Å². The standard InChI is InChI=1S/C4H7ClO.C2H3ClO/c1-3(2)4(5)6;1-2(3)4/h3H,1-2H3;1H3. The van der Waals surface area contributed by atoms with Gasteiger partial charge in [-0.1, -0.05) is 13.8 Å². The number of rotatable bonds is 1. The van der Waals surface area contributed by atoms with Crippen LogP contribution in [0.3, 0.4) is 0 Å². The van der Waals surface area contributed by atoms with Crippen molar-refractivity contribution in [1.29, 1.82) is 0 Å². The van der Waals surface area contributed by atoms with Crippen molar-refractivity contribution >= 4 is 33.7 Å². The monoisotopic (exact) mass is 184 g/mol. The molecule has 0 unspecified atom stereocenters. The van der Waals surface area contributed by atoms with Crippen LogP contribution in [0.2, 0.25) is 0 Å². The molecule has 10 heavy (non-hydrogen) atoms. The Morgan fingerprint density at radius 3 is 1.30 bits per heavy atom. The van der Waals surface area contributed by atoms with Crippen molar-refractivity contribution < 1.29 is 9.59 Å². The van der Waals surface area contributed by atoms with Gasteiger partial charge in [0.15, 0.2) is 0 Å². The van der Waals surface area contributed by atoms with E-state index in [1.807, 2.05) is 0 Å². The molecule has 0 amide bonds. The first-order valence-corrected chi connectivity index (χ1v) is 3.49. The van der Waals surface area contributed by atoms with Gasteiger partial charge in [-0.2, -0.15) is 0 Å². The van der Waals surface area contributed by atoms with Gasteiger partial charge in [-0.15, -0.1) is 0 Å². The molecule has 0 rings (SSSR count). The fraction of sp³-hybridized carbons (Fsp3) is 0.667. The average molecular weight is 185 g/mol. The normalized spacial score (nSPS) is 8.20. The molecule has 0 aromatic heterocycles. The second kappa shape index (κ2) is 7.03. The maximum Gasteiger partial charge on any atom is 0.224 e. The second-order valence-electron chi connectivity index (χ2n) is 1.93. The van der Waals surface area contributed by atoms with E-state index in [0.29, 0.717) is 0 Å². The van der Waals surface area contributed by atoms with Crippen molar-refractivity contribution in [2.75, 3.05) is 0 Å². The van der Waals surface area contributed by atoms with Gasteiger partial charge in [-0.25, -0.2) is 0 Å². The summed E-state index contributed by atoms with van der Waals surface area (Å²) in [5.41, 5.74) is 0. The lowest BCUT2D eigenvalue weighted by Gasteiger charge is -1.88.